The predicted molar refractivity (Wildman–Crippen MR) is 28.6 cm³/mol. The lowest BCUT2D eigenvalue weighted by atomic mass is 10.3. The van der Waals surface area contributed by atoms with Gasteiger partial charge in [-0.2, -0.15) is 0 Å². The van der Waals surface area contributed by atoms with Crippen LogP contribution in [0.1, 0.15) is 13.3 Å². The van der Waals surface area contributed by atoms with Crippen molar-refractivity contribution in [2.24, 2.45) is 0 Å². The van der Waals surface area contributed by atoms with Crippen molar-refractivity contribution in [1.29, 1.82) is 0 Å². The Morgan fingerprint density at radius 2 is 2.75 bits per heavy atom. The number of alkyl carbamates (subject to hydrolysis) is 1. The summed E-state index contributed by atoms with van der Waals surface area (Å²) in [6.07, 6.45) is 0.734. The Kier molecular flexibility index (Phi) is 1.37. The lowest BCUT2D eigenvalue weighted by Gasteiger charge is -1.99. The maximum Gasteiger partial charge on any atom is 0.407 e. The zero-order valence-corrected chi connectivity index (χ0v) is 4.81. The number of hydrogen-bond donors (Lipinski definition) is 1. The van der Waals surface area contributed by atoms with E-state index in [0.717, 1.165) is 6.42 Å². The van der Waals surface area contributed by atoms with Crippen LogP contribution >= 0.6 is 0 Å². The van der Waals surface area contributed by atoms with E-state index in [0.29, 0.717) is 6.54 Å². The summed E-state index contributed by atoms with van der Waals surface area (Å²) in [5.74, 6) is 0. The van der Waals surface area contributed by atoms with E-state index in [-0.39, 0.29) is 12.2 Å². The average molecular weight is 115 g/mol. The highest BCUT2D eigenvalue weighted by molar-refractivity contribution is 5.69. The largest absolute Gasteiger partial charge is 0.444 e. The van der Waals surface area contributed by atoms with Crippen LogP contribution in [-0.4, -0.2) is 18.7 Å². The van der Waals surface area contributed by atoms with Gasteiger partial charge in [-0.25, -0.2) is 4.79 Å². The Bertz CT molecular complexity index is 103. The van der Waals surface area contributed by atoms with Gasteiger partial charge in [0.25, 0.3) is 0 Å². The fourth-order valence-electron chi connectivity index (χ4n) is 0.660. The third-order valence-electron chi connectivity index (χ3n) is 1.20. The highest BCUT2D eigenvalue weighted by Gasteiger charge is 2.19. The molecule has 3 heteroatoms. The minimum absolute atomic E-state index is 0.113. The monoisotopic (exact) mass is 115 g/mol. The van der Waals surface area contributed by atoms with Gasteiger partial charge in [0.05, 0.1) is 6.54 Å². The van der Waals surface area contributed by atoms with Gasteiger partial charge in [0.1, 0.15) is 6.10 Å². The second-order valence-electron chi connectivity index (χ2n) is 1.82. The lowest BCUT2D eigenvalue weighted by Crippen LogP contribution is -2.13. The third kappa shape index (κ3) is 0.911. The van der Waals surface area contributed by atoms with E-state index in [9.17, 15) is 4.79 Å². The molecule has 0 unspecified atom stereocenters. The molecule has 1 rings (SSSR count). The van der Waals surface area contributed by atoms with Gasteiger partial charge >= 0.3 is 6.09 Å². The van der Waals surface area contributed by atoms with Gasteiger partial charge < -0.3 is 10.1 Å². The molecule has 0 aromatic carbocycles. The first-order chi connectivity index (χ1) is 3.83. The van der Waals surface area contributed by atoms with Crippen LogP contribution in [0.2, 0.25) is 0 Å². The van der Waals surface area contributed by atoms with Gasteiger partial charge in [-0.05, 0) is 6.42 Å². The number of cyclic esters (lactones) is 1. The second-order valence-corrected chi connectivity index (χ2v) is 1.82. The highest BCUT2D eigenvalue weighted by Crippen LogP contribution is 2.02. The smallest absolute Gasteiger partial charge is 0.407 e. The fraction of sp³-hybridized carbons (Fsp3) is 0.800. The molecule has 1 fully saturated rings. The maximum atomic E-state index is 10.3. The van der Waals surface area contributed by atoms with E-state index < -0.39 is 0 Å². The van der Waals surface area contributed by atoms with Crippen LogP contribution in [0.25, 0.3) is 0 Å². The molecule has 0 spiro atoms. The molecule has 0 radical (unpaired) electrons. The van der Waals surface area contributed by atoms with Crippen molar-refractivity contribution in [3.8, 4) is 0 Å². The molecule has 3 nitrogen and oxygen atoms in total. The number of rotatable bonds is 1. The molecule has 46 valence electrons. The maximum absolute atomic E-state index is 10.3. The van der Waals surface area contributed by atoms with Crippen molar-refractivity contribution >= 4 is 6.09 Å². The van der Waals surface area contributed by atoms with Crippen LogP contribution < -0.4 is 5.32 Å². The van der Waals surface area contributed by atoms with E-state index in [4.69, 9.17) is 4.74 Å². The van der Waals surface area contributed by atoms with Crippen LogP contribution in [0, 0.1) is 0 Å². The van der Waals surface area contributed by atoms with Gasteiger partial charge in [0.15, 0.2) is 0 Å². The average Bonchev–Trinajstić information content (AvgIpc) is 2.14. The standard InChI is InChI=1S/C5H9NO2/c1-2-4-3-6-5(7)8-4/h4H,2-3H2,1H3,(H,6,7)/t4-/m0/s1. The van der Waals surface area contributed by atoms with E-state index in [1.165, 1.54) is 0 Å². The lowest BCUT2D eigenvalue weighted by molar-refractivity contribution is 0.138. The zero-order valence-electron chi connectivity index (χ0n) is 4.81. The summed E-state index contributed by atoms with van der Waals surface area (Å²) in [5, 5.41) is 2.56. The molecule has 1 heterocycles. The summed E-state index contributed by atoms with van der Waals surface area (Å²) in [6, 6.07) is 0. The number of amides is 1. The minimum Gasteiger partial charge on any atom is -0.444 e. The summed E-state index contributed by atoms with van der Waals surface area (Å²) in [7, 11) is 0. The van der Waals surface area contributed by atoms with E-state index >= 15 is 0 Å². The molecule has 0 saturated carbocycles. The third-order valence-corrected chi connectivity index (χ3v) is 1.20. The van der Waals surface area contributed by atoms with Crippen LogP contribution in [0.4, 0.5) is 4.79 Å². The quantitative estimate of drug-likeness (QED) is 0.540. The molecule has 1 saturated heterocycles. The molecule has 1 N–H and O–H groups in total. The number of carbonyl (C=O) groups is 1. The molecule has 1 atom stereocenters. The summed E-state index contributed by atoms with van der Waals surface area (Å²) >= 11 is 0. The van der Waals surface area contributed by atoms with Crippen molar-refractivity contribution in [2.45, 2.75) is 19.4 Å². The number of carbonyl (C=O) groups excluding carboxylic acids is 1. The molecule has 0 bridgehead atoms. The SMILES string of the molecule is CC[C@H]1CNC(=O)O1. The number of hydrogen-bond acceptors (Lipinski definition) is 2. The minimum atomic E-state index is -0.281. The van der Waals surface area contributed by atoms with E-state index in [1.807, 2.05) is 6.92 Å². The molecule has 0 aromatic heterocycles. The van der Waals surface area contributed by atoms with Crippen molar-refractivity contribution in [2.75, 3.05) is 6.54 Å². The number of ether oxygens (including phenoxy) is 1. The van der Waals surface area contributed by atoms with E-state index in [2.05, 4.69) is 5.32 Å². The van der Waals surface area contributed by atoms with Crippen LogP contribution in [-0.2, 0) is 4.74 Å². The summed E-state index contributed by atoms with van der Waals surface area (Å²) < 4.78 is 4.76. The van der Waals surface area contributed by atoms with Gasteiger partial charge in [0, 0.05) is 0 Å². The number of nitrogens with one attached hydrogen (secondary N) is 1. The van der Waals surface area contributed by atoms with Gasteiger partial charge in [-0.3, -0.25) is 0 Å². The van der Waals surface area contributed by atoms with Crippen molar-refractivity contribution < 1.29 is 9.53 Å². The highest BCUT2D eigenvalue weighted by atomic mass is 16.6. The van der Waals surface area contributed by atoms with Crippen LogP contribution in [0.3, 0.4) is 0 Å². The molecular formula is C5H9NO2. The molecule has 8 heavy (non-hydrogen) atoms. The van der Waals surface area contributed by atoms with Crippen molar-refractivity contribution in [3.63, 3.8) is 0 Å². The topological polar surface area (TPSA) is 38.3 Å². The van der Waals surface area contributed by atoms with Crippen molar-refractivity contribution in [1.82, 2.24) is 5.32 Å². The van der Waals surface area contributed by atoms with Crippen molar-refractivity contribution in [3.05, 3.63) is 0 Å². The zero-order chi connectivity index (χ0) is 5.98. The molecule has 0 aliphatic carbocycles. The summed E-state index contributed by atoms with van der Waals surface area (Å²) in [6.45, 7) is 2.67. The first-order valence-corrected chi connectivity index (χ1v) is 2.77. The van der Waals surface area contributed by atoms with Crippen LogP contribution in [0.5, 0.6) is 0 Å². The predicted octanol–water partition coefficient (Wildman–Crippen LogP) is 0.505. The molecular weight excluding hydrogens is 106 g/mol. The summed E-state index contributed by atoms with van der Waals surface area (Å²) in [4.78, 5) is 10.3. The Labute approximate surface area is 48.0 Å². The Hall–Kier alpha value is -0.730. The molecule has 1 amide bonds. The van der Waals surface area contributed by atoms with Crippen LogP contribution in [0.15, 0.2) is 0 Å². The molecule has 1 aliphatic rings. The fourth-order valence-corrected chi connectivity index (χ4v) is 0.660. The Balaban J connectivity index is 2.32. The van der Waals surface area contributed by atoms with Gasteiger partial charge in [-0.15, -0.1) is 0 Å². The first-order valence-electron chi connectivity index (χ1n) is 2.77. The summed E-state index contributed by atoms with van der Waals surface area (Å²) in [5.41, 5.74) is 0. The first kappa shape index (κ1) is 5.41. The molecule has 1 aliphatic heterocycles. The Morgan fingerprint density at radius 1 is 2.00 bits per heavy atom. The second kappa shape index (κ2) is 2.03. The normalized spacial score (nSPS) is 27.1. The molecule has 0 aromatic rings. The van der Waals surface area contributed by atoms with Gasteiger partial charge in [-0.1, -0.05) is 6.92 Å². The van der Waals surface area contributed by atoms with Gasteiger partial charge in [0.2, 0.25) is 0 Å². The Morgan fingerprint density at radius 3 is 3.00 bits per heavy atom. The van der Waals surface area contributed by atoms with E-state index in [1.54, 1.807) is 0 Å².